The molecule has 1 heterocycles. The van der Waals surface area contributed by atoms with Gasteiger partial charge in [-0.05, 0) is 25.7 Å². The van der Waals surface area contributed by atoms with E-state index in [1.54, 1.807) is 11.3 Å². The Morgan fingerprint density at radius 2 is 2.38 bits per heavy atom. The van der Waals surface area contributed by atoms with Crippen molar-refractivity contribution in [1.29, 1.82) is 0 Å². The molecule has 0 aromatic carbocycles. The Hall–Kier alpha value is -0.700. The average Bonchev–Trinajstić information content (AvgIpc) is 2.75. The van der Waals surface area contributed by atoms with Crippen LogP contribution in [0.15, 0.2) is 5.38 Å². The van der Waals surface area contributed by atoms with E-state index in [1.807, 2.05) is 12.3 Å². The number of carbonyl (C=O) groups excluding carboxylic acids is 1. The molecule has 2 rings (SSSR count). The van der Waals surface area contributed by atoms with E-state index in [4.69, 9.17) is 0 Å². The number of Topliss-reactive ketones (excluding diaryl/α,β-unsaturated/α-hetero) is 1. The Morgan fingerprint density at radius 3 is 3.00 bits per heavy atom. The Balaban J connectivity index is 2.04. The van der Waals surface area contributed by atoms with Gasteiger partial charge < -0.3 is 0 Å². The second kappa shape index (κ2) is 5.09. The fraction of sp³-hybridized carbons (Fsp3) is 0.692. The molecule has 0 bridgehead atoms. The van der Waals surface area contributed by atoms with Crippen LogP contribution in [0.4, 0.5) is 0 Å². The van der Waals surface area contributed by atoms with Crippen molar-refractivity contribution in [2.75, 3.05) is 0 Å². The van der Waals surface area contributed by atoms with Crippen molar-refractivity contribution in [2.24, 2.45) is 11.8 Å². The Labute approximate surface area is 101 Å². The number of ketones is 1. The van der Waals surface area contributed by atoms with Crippen molar-refractivity contribution in [3.63, 3.8) is 0 Å². The first kappa shape index (κ1) is 11.8. The van der Waals surface area contributed by atoms with Gasteiger partial charge in [0.05, 0.1) is 5.01 Å². The summed E-state index contributed by atoms with van der Waals surface area (Å²) in [4.78, 5) is 16.5. The van der Waals surface area contributed by atoms with Gasteiger partial charge in [0.15, 0.2) is 5.78 Å². The summed E-state index contributed by atoms with van der Waals surface area (Å²) in [6, 6.07) is 0. The van der Waals surface area contributed by atoms with Crippen LogP contribution in [0, 0.1) is 18.8 Å². The standard InChI is InChI=1S/C13H19NOS/c1-3-10-5-4-6-11(7-10)13(15)12-8-16-9(2)14-12/h8,10-11H,3-7H2,1-2H3. The van der Waals surface area contributed by atoms with Gasteiger partial charge in [0.2, 0.25) is 0 Å². The fourth-order valence-electron chi connectivity index (χ4n) is 2.59. The third kappa shape index (κ3) is 2.51. The molecular weight excluding hydrogens is 218 g/mol. The van der Waals surface area contributed by atoms with Crippen molar-refractivity contribution < 1.29 is 4.79 Å². The van der Waals surface area contributed by atoms with E-state index < -0.39 is 0 Å². The van der Waals surface area contributed by atoms with Crippen LogP contribution in [-0.2, 0) is 0 Å². The molecule has 0 N–H and O–H groups in total. The molecule has 2 nitrogen and oxygen atoms in total. The molecule has 0 saturated heterocycles. The first-order valence-electron chi connectivity index (χ1n) is 6.17. The van der Waals surface area contributed by atoms with E-state index in [1.165, 1.54) is 19.3 Å². The molecule has 1 saturated carbocycles. The third-order valence-corrected chi connectivity index (χ3v) is 4.38. The van der Waals surface area contributed by atoms with Gasteiger partial charge in [0.1, 0.15) is 5.69 Å². The molecule has 1 aromatic rings. The summed E-state index contributed by atoms with van der Waals surface area (Å²) in [5.41, 5.74) is 0.698. The van der Waals surface area contributed by atoms with Crippen LogP contribution in [0.2, 0.25) is 0 Å². The van der Waals surface area contributed by atoms with Gasteiger partial charge in [0.25, 0.3) is 0 Å². The van der Waals surface area contributed by atoms with E-state index in [0.29, 0.717) is 5.69 Å². The van der Waals surface area contributed by atoms with E-state index in [-0.39, 0.29) is 11.7 Å². The highest BCUT2D eigenvalue weighted by Crippen LogP contribution is 2.33. The Bertz CT molecular complexity index is 372. The largest absolute Gasteiger partial charge is 0.292 e. The second-order valence-electron chi connectivity index (χ2n) is 4.75. The number of thiazole rings is 1. The van der Waals surface area contributed by atoms with Crippen LogP contribution >= 0.6 is 11.3 Å². The Kier molecular flexibility index (Phi) is 3.74. The summed E-state index contributed by atoms with van der Waals surface area (Å²) in [6.45, 7) is 4.18. The summed E-state index contributed by atoms with van der Waals surface area (Å²) in [5.74, 6) is 1.27. The molecular formula is C13H19NOS. The summed E-state index contributed by atoms with van der Waals surface area (Å²) >= 11 is 1.57. The number of aryl methyl sites for hydroxylation is 1. The van der Waals surface area contributed by atoms with Gasteiger partial charge >= 0.3 is 0 Å². The molecule has 1 aliphatic carbocycles. The minimum Gasteiger partial charge on any atom is -0.292 e. The number of rotatable bonds is 3. The topological polar surface area (TPSA) is 30.0 Å². The van der Waals surface area contributed by atoms with Gasteiger partial charge in [-0.3, -0.25) is 4.79 Å². The molecule has 1 aromatic heterocycles. The molecule has 3 heteroatoms. The van der Waals surface area contributed by atoms with Crippen molar-refractivity contribution in [2.45, 2.75) is 46.0 Å². The molecule has 1 fully saturated rings. The van der Waals surface area contributed by atoms with Gasteiger partial charge in [-0.1, -0.05) is 26.2 Å². The number of nitrogens with zero attached hydrogens (tertiary/aromatic N) is 1. The summed E-state index contributed by atoms with van der Waals surface area (Å²) < 4.78 is 0. The predicted molar refractivity (Wildman–Crippen MR) is 66.9 cm³/mol. The minimum atomic E-state index is 0.236. The van der Waals surface area contributed by atoms with Crippen molar-refractivity contribution in [1.82, 2.24) is 4.98 Å². The molecule has 0 radical (unpaired) electrons. The zero-order valence-electron chi connectivity index (χ0n) is 10.0. The highest BCUT2D eigenvalue weighted by molar-refractivity contribution is 7.09. The zero-order valence-corrected chi connectivity index (χ0v) is 10.8. The fourth-order valence-corrected chi connectivity index (χ4v) is 3.19. The van der Waals surface area contributed by atoms with E-state index >= 15 is 0 Å². The number of hydrogen-bond donors (Lipinski definition) is 0. The number of carbonyl (C=O) groups is 1. The van der Waals surface area contributed by atoms with Crippen molar-refractivity contribution in [3.8, 4) is 0 Å². The third-order valence-electron chi connectivity index (χ3n) is 3.60. The SMILES string of the molecule is CCC1CCCC(C(=O)c2csc(C)n2)C1. The van der Waals surface area contributed by atoms with Crippen molar-refractivity contribution in [3.05, 3.63) is 16.1 Å². The monoisotopic (exact) mass is 237 g/mol. The highest BCUT2D eigenvalue weighted by Gasteiger charge is 2.28. The maximum Gasteiger partial charge on any atom is 0.185 e. The maximum absolute atomic E-state index is 12.2. The summed E-state index contributed by atoms with van der Waals surface area (Å²) in [5, 5.41) is 2.90. The van der Waals surface area contributed by atoms with Crippen LogP contribution in [-0.4, -0.2) is 10.8 Å². The zero-order chi connectivity index (χ0) is 11.5. The predicted octanol–water partition coefficient (Wildman–Crippen LogP) is 3.85. The molecule has 2 atom stereocenters. The smallest absolute Gasteiger partial charge is 0.185 e. The van der Waals surface area contributed by atoms with Crippen LogP contribution in [0.3, 0.4) is 0 Å². The normalized spacial score (nSPS) is 25.6. The first-order chi connectivity index (χ1) is 7.70. The molecule has 0 amide bonds. The second-order valence-corrected chi connectivity index (χ2v) is 5.82. The molecule has 1 aliphatic rings. The molecule has 0 aliphatic heterocycles. The van der Waals surface area contributed by atoms with Gasteiger partial charge in [0, 0.05) is 11.3 Å². The average molecular weight is 237 g/mol. The molecule has 2 unspecified atom stereocenters. The molecule has 88 valence electrons. The number of hydrogen-bond acceptors (Lipinski definition) is 3. The lowest BCUT2D eigenvalue weighted by molar-refractivity contribution is 0.0857. The van der Waals surface area contributed by atoms with E-state index in [2.05, 4.69) is 11.9 Å². The van der Waals surface area contributed by atoms with Crippen LogP contribution < -0.4 is 0 Å². The lowest BCUT2D eigenvalue weighted by Crippen LogP contribution is -2.23. The van der Waals surface area contributed by atoms with Crippen LogP contribution in [0.1, 0.15) is 54.5 Å². The van der Waals surface area contributed by atoms with E-state index in [0.717, 1.165) is 23.8 Å². The lowest BCUT2D eigenvalue weighted by atomic mass is 9.78. The van der Waals surface area contributed by atoms with Gasteiger partial charge in [-0.2, -0.15) is 0 Å². The summed E-state index contributed by atoms with van der Waals surface area (Å²) in [6.07, 6.45) is 5.85. The number of aromatic nitrogens is 1. The molecule has 0 spiro atoms. The van der Waals surface area contributed by atoms with Crippen molar-refractivity contribution >= 4 is 17.1 Å². The quantitative estimate of drug-likeness (QED) is 0.747. The minimum absolute atomic E-state index is 0.236. The highest BCUT2D eigenvalue weighted by atomic mass is 32.1. The molecule has 16 heavy (non-hydrogen) atoms. The Morgan fingerprint density at radius 1 is 1.56 bits per heavy atom. The maximum atomic E-state index is 12.2. The van der Waals surface area contributed by atoms with E-state index in [9.17, 15) is 4.79 Å². The van der Waals surface area contributed by atoms with Gasteiger partial charge in [-0.25, -0.2) is 4.98 Å². The summed E-state index contributed by atoms with van der Waals surface area (Å²) in [7, 11) is 0. The van der Waals surface area contributed by atoms with Gasteiger partial charge in [-0.15, -0.1) is 11.3 Å². The lowest BCUT2D eigenvalue weighted by Gasteiger charge is -2.26. The van der Waals surface area contributed by atoms with Crippen LogP contribution in [0.5, 0.6) is 0 Å². The first-order valence-corrected chi connectivity index (χ1v) is 7.05. The van der Waals surface area contributed by atoms with Crippen LogP contribution in [0.25, 0.3) is 0 Å².